The van der Waals surface area contributed by atoms with E-state index in [4.69, 9.17) is 0 Å². The largest absolute Gasteiger partial charge is 0.390 e. The Balaban J connectivity index is 2.51. The fourth-order valence-corrected chi connectivity index (χ4v) is 1.10. The average Bonchev–Trinajstić information content (AvgIpc) is 2.02. The molecule has 0 fully saturated rings. The summed E-state index contributed by atoms with van der Waals surface area (Å²) >= 11 is 0. The van der Waals surface area contributed by atoms with Gasteiger partial charge in [0, 0.05) is 0 Å². The van der Waals surface area contributed by atoms with Crippen molar-refractivity contribution in [2.24, 2.45) is 0 Å². The van der Waals surface area contributed by atoms with Crippen LogP contribution in [-0.4, -0.2) is 10.7 Å². The molecule has 0 unspecified atom stereocenters. The van der Waals surface area contributed by atoms with Gasteiger partial charge in [-0.05, 0) is 44.4 Å². The molecule has 1 nitrogen and oxygen atoms in total. The third kappa shape index (κ3) is 4.04. The molecule has 1 aromatic carbocycles. The minimum Gasteiger partial charge on any atom is -0.390 e. The standard InChI is InChI=1S/C11H15FO/c1-11(2,13)8-7-9-3-5-10(12)6-4-9/h3-6,13H,7-8H2,1-2H3. The van der Waals surface area contributed by atoms with Crippen LogP contribution in [0, 0.1) is 5.82 Å². The molecule has 0 spiro atoms. The summed E-state index contributed by atoms with van der Waals surface area (Å²) in [6.07, 6.45) is 1.47. The van der Waals surface area contributed by atoms with E-state index in [2.05, 4.69) is 0 Å². The monoisotopic (exact) mass is 182 g/mol. The zero-order chi connectivity index (χ0) is 9.90. The summed E-state index contributed by atoms with van der Waals surface area (Å²) in [5.74, 6) is -0.216. The van der Waals surface area contributed by atoms with Crippen LogP contribution >= 0.6 is 0 Å². The van der Waals surface area contributed by atoms with Crippen molar-refractivity contribution in [1.82, 2.24) is 0 Å². The quantitative estimate of drug-likeness (QED) is 0.761. The number of aliphatic hydroxyl groups is 1. The normalized spacial score (nSPS) is 11.7. The maximum atomic E-state index is 12.5. The Bertz CT molecular complexity index is 258. The van der Waals surface area contributed by atoms with Gasteiger partial charge in [0.2, 0.25) is 0 Å². The first kappa shape index (κ1) is 10.2. The Morgan fingerprint density at radius 1 is 1.23 bits per heavy atom. The van der Waals surface area contributed by atoms with Gasteiger partial charge in [0.25, 0.3) is 0 Å². The molecule has 72 valence electrons. The number of halogens is 1. The third-order valence-electron chi connectivity index (χ3n) is 1.94. The summed E-state index contributed by atoms with van der Waals surface area (Å²) < 4.78 is 12.5. The minimum atomic E-state index is -0.644. The number of rotatable bonds is 3. The zero-order valence-electron chi connectivity index (χ0n) is 8.05. The summed E-state index contributed by atoms with van der Waals surface area (Å²) in [5.41, 5.74) is 0.414. The molecule has 1 aromatic rings. The van der Waals surface area contributed by atoms with Crippen LogP contribution in [0.5, 0.6) is 0 Å². The van der Waals surface area contributed by atoms with Gasteiger partial charge in [0.15, 0.2) is 0 Å². The van der Waals surface area contributed by atoms with Gasteiger partial charge in [-0.15, -0.1) is 0 Å². The van der Waals surface area contributed by atoms with Gasteiger partial charge < -0.3 is 5.11 Å². The smallest absolute Gasteiger partial charge is 0.123 e. The molecule has 1 N–H and O–H groups in total. The molecule has 2 heteroatoms. The first-order valence-electron chi connectivity index (χ1n) is 4.44. The molecular weight excluding hydrogens is 167 g/mol. The molecule has 0 bridgehead atoms. The van der Waals surface area contributed by atoms with E-state index in [0.29, 0.717) is 6.42 Å². The van der Waals surface area contributed by atoms with Crippen LogP contribution in [-0.2, 0) is 6.42 Å². The maximum absolute atomic E-state index is 12.5. The lowest BCUT2D eigenvalue weighted by molar-refractivity contribution is 0.0714. The van der Waals surface area contributed by atoms with E-state index in [1.54, 1.807) is 26.0 Å². The lowest BCUT2D eigenvalue weighted by atomic mass is 9.99. The van der Waals surface area contributed by atoms with Crippen LogP contribution in [0.15, 0.2) is 24.3 Å². The minimum absolute atomic E-state index is 0.216. The zero-order valence-corrected chi connectivity index (χ0v) is 8.05. The Labute approximate surface area is 78.2 Å². The molecule has 0 aliphatic heterocycles. The molecule has 0 heterocycles. The van der Waals surface area contributed by atoms with E-state index < -0.39 is 5.60 Å². The summed E-state index contributed by atoms with van der Waals surface area (Å²) in [5, 5.41) is 9.46. The number of benzene rings is 1. The molecule has 13 heavy (non-hydrogen) atoms. The van der Waals surface area contributed by atoms with Gasteiger partial charge in [0.1, 0.15) is 5.82 Å². The predicted molar refractivity (Wildman–Crippen MR) is 51.0 cm³/mol. The van der Waals surface area contributed by atoms with E-state index in [0.717, 1.165) is 12.0 Å². The molecule has 0 atom stereocenters. The van der Waals surface area contributed by atoms with Crippen LogP contribution in [0.4, 0.5) is 4.39 Å². The van der Waals surface area contributed by atoms with Gasteiger partial charge in [-0.3, -0.25) is 0 Å². The Morgan fingerprint density at radius 3 is 2.23 bits per heavy atom. The van der Waals surface area contributed by atoms with Crippen molar-refractivity contribution in [3.05, 3.63) is 35.6 Å². The van der Waals surface area contributed by atoms with Gasteiger partial charge >= 0.3 is 0 Å². The van der Waals surface area contributed by atoms with Crippen molar-refractivity contribution in [2.75, 3.05) is 0 Å². The van der Waals surface area contributed by atoms with Gasteiger partial charge in [0.05, 0.1) is 5.60 Å². The van der Waals surface area contributed by atoms with Crippen LogP contribution in [0.2, 0.25) is 0 Å². The molecule has 0 aromatic heterocycles. The highest BCUT2D eigenvalue weighted by atomic mass is 19.1. The highest BCUT2D eigenvalue weighted by Gasteiger charge is 2.11. The number of hydrogen-bond donors (Lipinski definition) is 1. The summed E-state index contributed by atoms with van der Waals surface area (Å²) in [4.78, 5) is 0. The fourth-order valence-electron chi connectivity index (χ4n) is 1.10. The maximum Gasteiger partial charge on any atom is 0.123 e. The van der Waals surface area contributed by atoms with E-state index in [1.807, 2.05) is 0 Å². The van der Waals surface area contributed by atoms with E-state index >= 15 is 0 Å². The highest BCUT2D eigenvalue weighted by Crippen LogP contribution is 2.13. The topological polar surface area (TPSA) is 20.2 Å². The van der Waals surface area contributed by atoms with Crippen molar-refractivity contribution in [3.8, 4) is 0 Å². The SMILES string of the molecule is CC(C)(O)CCc1ccc(F)cc1. The van der Waals surface area contributed by atoms with Crippen LogP contribution in [0.1, 0.15) is 25.8 Å². The van der Waals surface area contributed by atoms with Crippen molar-refractivity contribution in [1.29, 1.82) is 0 Å². The number of aryl methyl sites for hydroxylation is 1. The lowest BCUT2D eigenvalue weighted by Gasteiger charge is -2.16. The fraction of sp³-hybridized carbons (Fsp3) is 0.455. The second kappa shape index (κ2) is 3.88. The van der Waals surface area contributed by atoms with E-state index in [-0.39, 0.29) is 5.82 Å². The van der Waals surface area contributed by atoms with Crippen LogP contribution in [0.3, 0.4) is 0 Å². The molecular formula is C11H15FO. The van der Waals surface area contributed by atoms with Crippen LogP contribution < -0.4 is 0 Å². The summed E-state index contributed by atoms with van der Waals surface area (Å²) in [6.45, 7) is 3.55. The average molecular weight is 182 g/mol. The van der Waals surface area contributed by atoms with Crippen LogP contribution in [0.25, 0.3) is 0 Å². The second-order valence-electron chi connectivity index (χ2n) is 3.94. The molecule has 0 saturated heterocycles. The Morgan fingerprint density at radius 2 is 1.77 bits per heavy atom. The van der Waals surface area contributed by atoms with Gasteiger partial charge in [-0.25, -0.2) is 4.39 Å². The van der Waals surface area contributed by atoms with Crippen molar-refractivity contribution in [2.45, 2.75) is 32.3 Å². The molecule has 0 saturated carbocycles. The van der Waals surface area contributed by atoms with Crippen molar-refractivity contribution < 1.29 is 9.50 Å². The second-order valence-corrected chi connectivity index (χ2v) is 3.94. The molecule has 0 amide bonds. The predicted octanol–water partition coefficient (Wildman–Crippen LogP) is 2.53. The van der Waals surface area contributed by atoms with Gasteiger partial charge in [-0.1, -0.05) is 12.1 Å². The Kier molecular flexibility index (Phi) is 3.04. The summed E-state index contributed by atoms with van der Waals surface area (Å²) in [7, 11) is 0. The van der Waals surface area contributed by atoms with E-state index in [9.17, 15) is 9.50 Å². The lowest BCUT2D eigenvalue weighted by Crippen LogP contribution is -2.19. The highest BCUT2D eigenvalue weighted by molar-refractivity contribution is 5.16. The van der Waals surface area contributed by atoms with Crippen molar-refractivity contribution in [3.63, 3.8) is 0 Å². The molecule has 0 aliphatic rings. The van der Waals surface area contributed by atoms with Gasteiger partial charge in [-0.2, -0.15) is 0 Å². The molecule has 0 aliphatic carbocycles. The molecule has 0 radical (unpaired) electrons. The summed E-state index contributed by atoms with van der Waals surface area (Å²) in [6, 6.07) is 6.39. The number of hydrogen-bond acceptors (Lipinski definition) is 1. The first-order chi connectivity index (χ1) is 5.97. The molecule has 1 rings (SSSR count). The first-order valence-corrected chi connectivity index (χ1v) is 4.44. The Hall–Kier alpha value is -0.890. The van der Waals surface area contributed by atoms with Crippen molar-refractivity contribution >= 4 is 0 Å². The third-order valence-corrected chi connectivity index (χ3v) is 1.94. The van der Waals surface area contributed by atoms with E-state index in [1.165, 1.54) is 12.1 Å².